The van der Waals surface area contributed by atoms with E-state index in [1.807, 2.05) is 11.5 Å². The van der Waals surface area contributed by atoms with Crippen LogP contribution in [0, 0.1) is 0 Å². The number of nitrogens with zero attached hydrogens (tertiary/aromatic N) is 2. The first kappa shape index (κ1) is 9.17. The lowest BCUT2D eigenvalue weighted by molar-refractivity contribution is -0.114. The van der Waals surface area contributed by atoms with Crippen molar-refractivity contribution in [3.05, 3.63) is 22.9 Å². The highest BCUT2D eigenvalue weighted by Crippen LogP contribution is 2.32. The minimum Gasteiger partial charge on any atom is -0.289 e. The van der Waals surface area contributed by atoms with Gasteiger partial charge in [0.05, 0.1) is 16.8 Å². The van der Waals surface area contributed by atoms with E-state index in [-0.39, 0.29) is 5.71 Å². The van der Waals surface area contributed by atoms with E-state index in [9.17, 15) is 4.79 Å². The van der Waals surface area contributed by atoms with Crippen LogP contribution in [0.4, 0.5) is 0 Å². The quantitative estimate of drug-likeness (QED) is 0.361. The molecule has 5 nitrogen and oxygen atoms in total. The van der Waals surface area contributed by atoms with E-state index in [4.69, 9.17) is 5.84 Å². The summed E-state index contributed by atoms with van der Waals surface area (Å²) in [6.45, 7) is 0. The molecule has 0 spiro atoms. The molecule has 2 rings (SSSR count). The molecule has 0 radical (unpaired) electrons. The zero-order valence-corrected chi connectivity index (χ0v) is 8.04. The summed E-state index contributed by atoms with van der Waals surface area (Å²) in [6, 6.07) is 0. The van der Waals surface area contributed by atoms with Gasteiger partial charge in [0, 0.05) is 12.0 Å². The first-order chi connectivity index (χ1) is 6.81. The van der Waals surface area contributed by atoms with E-state index < -0.39 is 5.91 Å². The first-order valence-corrected chi connectivity index (χ1v) is 4.96. The van der Waals surface area contributed by atoms with Gasteiger partial charge in [-0.25, -0.2) is 10.8 Å². The van der Waals surface area contributed by atoms with Gasteiger partial charge in [0.15, 0.2) is 0 Å². The summed E-state index contributed by atoms with van der Waals surface area (Å²) >= 11 is 1.65. The number of carbonyl (C=O) groups excluding carboxylic acids is 1. The van der Waals surface area contributed by atoms with Crippen LogP contribution in [0.2, 0.25) is 0 Å². The van der Waals surface area contributed by atoms with Crippen LogP contribution in [0.5, 0.6) is 0 Å². The molecule has 0 aliphatic carbocycles. The third-order valence-electron chi connectivity index (χ3n) is 1.78. The Labute approximate surface area is 84.8 Å². The molecule has 0 saturated heterocycles. The SMILES string of the molecule is NNC(=O)C1=NC=C2SCC=C2N=C1. The Morgan fingerprint density at radius 2 is 2.50 bits per heavy atom. The molecule has 6 heteroatoms. The molecule has 1 amide bonds. The first-order valence-electron chi connectivity index (χ1n) is 3.97. The van der Waals surface area contributed by atoms with Crippen LogP contribution in [0.15, 0.2) is 32.9 Å². The van der Waals surface area contributed by atoms with Crippen molar-refractivity contribution in [3.8, 4) is 0 Å². The van der Waals surface area contributed by atoms with Crippen molar-refractivity contribution in [1.82, 2.24) is 5.43 Å². The molecule has 2 aliphatic heterocycles. The van der Waals surface area contributed by atoms with E-state index in [1.165, 1.54) is 6.21 Å². The van der Waals surface area contributed by atoms with Crippen molar-refractivity contribution in [2.45, 2.75) is 0 Å². The molecular formula is C8H8N4OS. The van der Waals surface area contributed by atoms with Crippen molar-refractivity contribution in [2.75, 3.05) is 5.75 Å². The Bertz CT molecular complexity index is 394. The molecule has 0 atom stereocenters. The number of rotatable bonds is 1. The van der Waals surface area contributed by atoms with Crippen molar-refractivity contribution >= 4 is 29.6 Å². The molecule has 3 N–H and O–H groups in total. The number of nitrogens with two attached hydrogens (primary N) is 1. The summed E-state index contributed by atoms with van der Waals surface area (Å²) in [5, 5.41) is 0. The zero-order valence-electron chi connectivity index (χ0n) is 7.23. The number of thioether (sulfide) groups is 1. The number of carbonyl (C=O) groups is 1. The van der Waals surface area contributed by atoms with Crippen molar-refractivity contribution in [2.24, 2.45) is 15.8 Å². The maximum atomic E-state index is 11.1. The fraction of sp³-hybridized carbons (Fsp3) is 0.125. The summed E-state index contributed by atoms with van der Waals surface area (Å²) in [5.74, 6) is 5.46. The predicted octanol–water partition coefficient (Wildman–Crippen LogP) is -0.0262. The summed E-state index contributed by atoms with van der Waals surface area (Å²) in [6.07, 6.45) is 5.05. The van der Waals surface area contributed by atoms with Crippen LogP contribution in [0.3, 0.4) is 0 Å². The standard InChI is InChI=1S/C8H8N4OS/c9-12-8(13)6-3-10-5-1-2-14-7(5)4-11-6/h1,3-4H,2,9H2,(H,12,13). The number of amides is 1. The number of hydrogen-bond acceptors (Lipinski definition) is 5. The highest BCUT2D eigenvalue weighted by Gasteiger charge is 2.15. The molecule has 0 saturated carbocycles. The fourth-order valence-corrected chi connectivity index (χ4v) is 1.92. The third kappa shape index (κ3) is 1.61. The van der Waals surface area contributed by atoms with Crippen LogP contribution in [-0.2, 0) is 4.79 Å². The lowest BCUT2D eigenvalue weighted by atomic mass is 10.4. The minimum absolute atomic E-state index is 0.218. The molecule has 0 unspecified atom stereocenters. The van der Waals surface area contributed by atoms with Gasteiger partial charge in [-0.2, -0.15) is 0 Å². The van der Waals surface area contributed by atoms with Gasteiger partial charge in [-0.1, -0.05) is 0 Å². The molecule has 2 aliphatic rings. The number of hydrogen-bond donors (Lipinski definition) is 2. The lowest BCUT2D eigenvalue weighted by Crippen LogP contribution is -2.36. The molecule has 72 valence electrons. The van der Waals surface area contributed by atoms with Crippen LogP contribution >= 0.6 is 11.8 Å². The lowest BCUT2D eigenvalue weighted by Gasteiger charge is -1.94. The van der Waals surface area contributed by atoms with E-state index in [0.717, 1.165) is 16.4 Å². The van der Waals surface area contributed by atoms with Gasteiger partial charge in [-0.15, -0.1) is 11.8 Å². The van der Waals surface area contributed by atoms with Crippen LogP contribution in [0.1, 0.15) is 0 Å². The van der Waals surface area contributed by atoms with E-state index in [2.05, 4.69) is 9.98 Å². The molecule has 14 heavy (non-hydrogen) atoms. The number of aliphatic imine (C=N–C) groups is 2. The number of hydrazine groups is 1. The van der Waals surface area contributed by atoms with E-state index >= 15 is 0 Å². The minimum atomic E-state index is -0.434. The molecule has 0 bridgehead atoms. The molecule has 2 heterocycles. The summed E-state index contributed by atoms with van der Waals surface area (Å²) in [7, 11) is 0. The van der Waals surface area contributed by atoms with Gasteiger partial charge < -0.3 is 0 Å². The van der Waals surface area contributed by atoms with Gasteiger partial charge in [-0.05, 0) is 6.08 Å². The topological polar surface area (TPSA) is 79.8 Å². The second-order valence-corrected chi connectivity index (χ2v) is 3.70. The van der Waals surface area contributed by atoms with E-state index in [0.29, 0.717) is 0 Å². The zero-order chi connectivity index (χ0) is 9.97. The Hall–Kier alpha value is -1.40. The molecule has 0 fully saturated rings. The molecule has 0 aromatic heterocycles. The molecule has 0 aromatic rings. The van der Waals surface area contributed by atoms with Gasteiger partial charge in [0.1, 0.15) is 5.71 Å². The maximum Gasteiger partial charge on any atom is 0.285 e. The van der Waals surface area contributed by atoms with Crippen molar-refractivity contribution in [3.63, 3.8) is 0 Å². The Morgan fingerprint density at radius 3 is 3.29 bits per heavy atom. The predicted molar refractivity (Wildman–Crippen MR) is 56.9 cm³/mol. The monoisotopic (exact) mass is 208 g/mol. The fourth-order valence-electron chi connectivity index (χ4n) is 1.09. The highest BCUT2D eigenvalue weighted by molar-refractivity contribution is 8.03. The largest absolute Gasteiger partial charge is 0.289 e. The van der Waals surface area contributed by atoms with Gasteiger partial charge in [-0.3, -0.25) is 15.2 Å². The summed E-state index contributed by atoms with van der Waals surface area (Å²) < 4.78 is 0. The third-order valence-corrected chi connectivity index (χ3v) is 2.74. The Kier molecular flexibility index (Phi) is 2.47. The van der Waals surface area contributed by atoms with Crippen LogP contribution in [0.25, 0.3) is 0 Å². The van der Waals surface area contributed by atoms with Gasteiger partial charge >= 0.3 is 0 Å². The number of fused-ring (bicyclic) bond motifs is 1. The normalized spacial score (nSPS) is 19.1. The van der Waals surface area contributed by atoms with Crippen molar-refractivity contribution < 1.29 is 4.79 Å². The maximum absolute atomic E-state index is 11.1. The highest BCUT2D eigenvalue weighted by atomic mass is 32.2. The summed E-state index contributed by atoms with van der Waals surface area (Å²) in [4.78, 5) is 20.2. The smallest absolute Gasteiger partial charge is 0.285 e. The van der Waals surface area contributed by atoms with Gasteiger partial charge in [0.2, 0.25) is 0 Å². The van der Waals surface area contributed by atoms with Crippen LogP contribution < -0.4 is 11.3 Å². The van der Waals surface area contributed by atoms with Gasteiger partial charge in [0.25, 0.3) is 5.91 Å². The van der Waals surface area contributed by atoms with E-state index in [1.54, 1.807) is 18.0 Å². The average Bonchev–Trinajstić information content (AvgIpc) is 2.56. The second-order valence-electron chi connectivity index (χ2n) is 2.64. The Balaban J connectivity index is 2.30. The molecular weight excluding hydrogens is 200 g/mol. The van der Waals surface area contributed by atoms with Crippen LogP contribution in [-0.4, -0.2) is 23.6 Å². The van der Waals surface area contributed by atoms with Crippen molar-refractivity contribution in [1.29, 1.82) is 0 Å². The average molecular weight is 208 g/mol. The molecule has 0 aromatic carbocycles. The second kappa shape index (κ2) is 3.77. The Morgan fingerprint density at radius 1 is 1.64 bits per heavy atom. The summed E-state index contributed by atoms with van der Waals surface area (Å²) in [5.41, 5.74) is 3.10. The number of nitrogens with one attached hydrogen (secondary N) is 1.